The van der Waals surface area contributed by atoms with E-state index in [1.807, 2.05) is 44.2 Å². The minimum atomic E-state index is -0.302. The van der Waals surface area contributed by atoms with Crippen LogP contribution in [0.3, 0.4) is 0 Å². The average Bonchev–Trinajstić information content (AvgIpc) is 2.49. The Bertz CT molecular complexity index is 702. The summed E-state index contributed by atoms with van der Waals surface area (Å²) < 4.78 is 6.78. The lowest BCUT2D eigenvalue weighted by Gasteiger charge is -2.14. The fourth-order valence-corrected chi connectivity index (χ4v) is 2.45. The highest BCUT2D eigenvalue weighted by molar-refractivity contribution is 14.1. The molecule has 0 saturated heterocycles. The maximum atomic E-state index is 12.4. The molecule has 0 bridgehead atoms. The summed E-state index contributed by atoms with van der Waals surface area (Å²) in [7, 11) is 0. The molecule has 120 valence electrons. The molecule has 0 aliphatic heterocycles. The Labute approximate surface area is 154 Å². The highest BCUT2D eigenvalue weighted by atomic mass is 127. The zero-order chi connectivity index (χ0) is 16.8. The third kappa shape index (κ3) is 5.47. The lowest BCUT2D eigenvalue weighted by molar-refractivity contribution is 0.0972. The van der Waals surface area contributed by atoms with Crippen molar-refractivity contribution < 1.29 is 9.53 Å². The Balaban J connectivity index is 2.04. The number of benzene rings is 2. The van der Waals surface area contributed by atoms with Crippen LogP contribution in [0.1, 0.15) is 24.2 Å². The van der Waals surface area contributed by atoms with Crippen molar-refractivity contribution in [3.8, 4) is 5.75 Å². The number of hydrogen-bond acceptors (Lipinski definition) is 3. The number of hydrogen-bond donors (Lipinski definition) is 2. The molecule has 6 heteroatoms. The van der Waals surface area contributed by atoms with Crippen LogP contribution < -0.4 is 15.4 Å². The summed E-state index contributed by atoms with van der Waals surface area (Å²) in [6.07, 6.45) is -0.0131. The van der Waals surface area contributed by atoms with E-state index >= 15 is 0 Å². The van der Waals surface area contributed by atoms with Gasteiger partial charge in [0.25, 0.3) is 5.91 Å². The molecule has 0 aliphatic carbocycles. The monoisotopic (exact) mass is 440 g/mol. The van der Waals surface area contributed by atoms with E-state index in [0.29, 0.717) is 11.3 Å². The molecular weight excluding hydrogens is 423 g/mol. The second kappa shape index (κ2) is 8.26. The number of carbonyl (C=O) groups is 1. The Kier molecular flexibility index (Phi) is 6.35. The van der Waals surface area contributed by atoms with Gasteiger partial charge in [-0.15, -0.1) is 0 Å². The highest BCUT2D eigenvalue weighted by Crippen LogP contribution is 2.19. The zero-order valence-electron chi connectivity index (χ0n) is 12.8. The number of anilines is 1. The van der Waals surface area contributed by atoms with Gasteiger partial charge in [0.15, 0.2) is 5.11 Å². The van der Waals surface area contributed by atoms with E-state index < -0.39 is 0 Å². The van der Waals surface area contributed by atoms with Crippen molar-refractivity contribution in [3.63, 3.8) is 0 Å². The van der Waals surface area contributed by atoms with Crippen LogP contribution >= 0.6 is 34.8 Å². The first-order valence-electron chi connectivity index (χ1n) is 7.09. The van der Waals surface area contributed by atoms with Crippen LogP contribution in [-0.4, -0.2) is 17.1 Å². The minimum absolute atomic E-state index is 0.0131. The Hall–Kier alpha value is -1.67. The third-order valence-corrected chi connectivity index (χ3v) is 3.75. The van der Waals surface area contributed by atoms with Gasteiger partial charge >= 0.3 is 0 Å². The molecule has 0 atom stereocenters. The smallest absolute Gasteiger partial charge is 0.261 e. The summed E-state index contributed by atoms with van der Waals surface area (Å²) in [6.45, 7) is 3.83. The number of amides is 1. The number of halogens is 1. The van der Waals surface area contributed by atoms with E-state index in [1.54, 1.807) is 18.2 Å². The van der Waals surface area contributed by atoms with Gasteiger partial charge in [0.2, 0.25) is 0 Å². The maximum Gasteiger partial charge on any atom is 0.261 e. The number of thiocarbonyl (C=S) groups is 1. The van der Waals surface area contributed by atoms with Crippen molar-refractivity contribution in [2.45, 2.75) is 20.0 Å². The maximum absolute atomic E-state index is 12.4. The molecule has 2 aromatic rings. The Morgan fingerprint density at radius 2 is 1.78 bits per heavy atom. The SMILES string of the molecule is CC(C)Oc1ccccc1C(=O)NC(=S)Nc1ccc(I)cc1. The van der Waals surface area contributed by atoms with Crippen LogP contribution in [0, 0.1) is 3.57 Å². The molecule has 0 fully saturated rings. The van der Waals surface area contributed by atoms with E-state index in [9.17, 15) is 4.79 Å². The van der Waals surface area contributed by atoms with Gasteiger partial charge in [-0.2, -0.15) is 0 Å². The standard InChI is InChI=1S/C17H17IN2O2S/c1-11(2)22-15-6-4-3-5-14(15)16(21)20-17(23)19-13-9-7-12(18)8-10-13/h3-11H,1-2H3,(H2,19,20,21,23). The van der Waals surface area contributed by atoms with Crippen molar-refractivity contribution in [2.75, 3.05) is 5.32 Å². The highest BCUT2D eigenvalue weighted by Gasteiger charge is 2.14. The lowest BCUT2D eigenvalue weighted by Crippen LogP contribution is -2.34. The Morgan fingerprint density at radius 1 is 1.13 bits per heavy atom. The number of nitrogens with one attached hydrogen (secondary N) is 2. The Morgan fingerprint density at radius 3 is 2.43 bits per heavy atom. The molecule has 0 unspecified atom stereocenters. The molecule has 2 aromatic carbocycles. The summed E-state index contributed by atoms with van der Waals surface area (Å²) in [6, 6.07) is 14.8. The molecular formula is C17H17IN2O2S. The molecule has 1 amide bonds. The first-order chi connectivity index (χ1) is 11.0. The molecule has 0 aromatic heterocycles. The van der Waals surface area contributed by atoms with E-state index in [0.717, 1.165) is 9.26 Å². The number of rotatable bonds is 4. The molecule has 0 aliphatic rings. The van der Waals surface area contributed by atoms with Crippen molar-refractivity contribution in [3.05, 3.63) is 57.7 Å². The molecule has 0 radical (unpaired) electrons. The van der Waals surface area contributed by atoms with Crippen LogP contribution in [0.4, 0.5) is 5.69 Å². The van der Waals surface area contributed by atoms with Gasteiger partial charge in [-0.3, -0.25) is 10.1 Å². The normalized spacial score (nSPS) is 10.3. The predicted molar refractivity (Wildman–Crippen MR) is 105 cm³/mol. The van der Waals surface area contributed by atoms with Gasteiger partial charge in [-0.05, 0) is 85.1 Å². The molecule has 0 spiro atoms. The van der Waals surface area contributed by atoms with E-state index in [2.05, 4.69) is 33.2 Å². The van der Waals surface area contributed by atoms with Crippen LogP contribution in [-0.2, 0) is 0 Å². The summed E-state index contributed by atoms with van der Waals surface area (Å²) in [5, 5.41) is 5.90. The number of ether oxygens (including phenoxy) is 1. The zero-order valence-corrected chi connectivity index (χ0v) is 15.8. The molecule has 23 heavy (non-hydrogen) atoms. The quantitative estimate of drug-likeness (QED) is 0.553. The molecule has 2 N–H and O–H groups in total. The van der Waals surface area contributed by atoms with E-state index in [4.69, 9.17) is 17.0 Å². The van der Waals surface area contributed by atoms with E-state index in [-0.39, 0.29) is 17.1 Å². The summed E-state index contributed by atoms with van der Waals surface area (Å²) >= 11 is 7.42. The van der Waals surface area contributed by atoms with Gasteiger partial charge in [0.05, 0.1) is 11.7 Å². The third-order valence-electron chi connectivity index (χ3n) is 2.82. The fraction of sp³-hybridized carbons (Fsp3) is 0.176. The van der Waals surface area contributed by atoms with Crippen molar-refractivity contribution in [1.29, 1.82) is 0 Å². The fourth-order valence-electron chi connectivity index (χ4n) is 1.88. The lowest BCUT2D eigenvalue weighted by atomic mass is 10.2. The van der Waals surface area contributed by atoms with Gasteiger partial charge in [0.1, 0.15) is 5.75 Å². The van der Waals surface area contributed by atoms with Crippen LogP contribution in [0.25, 0.3) is 0 Å². The van der Waals surface area contributed by atoms with Crippen molar-refractivity contribution in [2.24, 2.45) is 0 Å². The second-order valence-corrected chi connectivity index (χ2v) is 6.73. The second-order valence-electron chi connectivity index (χ2n) is 5.08. The van der Waals surface area contributed by atoms with Crippen LogP contribution in [0.5, 0.6) is 5.75 Å². The predicted octanol–water partition coefficient (Wildman–Crippen LogP) is 4.21. The van der Waals surface area contributed by atoms with Gasteiger partial charge in [-0.25, -0.2) is 0 Å². The number of carbonyl (C=O) groups excluding carboxylic acids is 1. The average molecular weight is 440 g/mol. The summed E-state index contributed by atoms with van der Waals surface area (Å²) in [5.74, 6) is 0.237. The van der Waals surface area contributed by atoms with Gasteiger partial charge in [-0.1, -0.05) is 12.1 Å². The first kappa shape index (κ1) is 17.7. The van der Waals surface area contributed by atoms with Crippen molar-refractivity contribution in [1.82, 2.24) is 5.32 Å². The summed E-state index contributed by atoms with van der Waals surface area (Å²) in [5.41, 5.74) is 1.27. The molecule has 4 nitrogen and oxygen atoms in total. The van der Waals surface area contributed by atoms with Crippen LogP contribution in [0.2, 0.25) is 0 Å². The van der Waals surface area contributed by atoms with Gasteiger partial charge < -0.3 is 10.1 Å². The van der Waals surface area contributed by atoms with Gasteiger partial charge in [0, 0.05) is 9.26 Å². The number of para-hydroxylation sites is 1. The molecule has 0 heterocycles. The first-order valence-corrected chi connectivity index (χ1v) is 8.58. The van der Waals surface area contributed by atoms with Crippen molar-refractivity contribution >= 4 is 51.5 Å². The largest absolute Gasteiger partial charge is 0.490 e. The molecule has 0 saturated carbocycles. The van der Waals surface area contributed by atoms with Crippen LogP contribution in [0.15, 0.2) is 48.5 Å². The van der Waals surface area contributed by atoms with E-state index in [1.165, 1.54) is 0 Å². The minimum Gasteiger partial charge on any atom is -0.490 e. The topological polar surface area (TPSA) is 50.4 Å². The molecule has 2 rings (SSSR count). The summed E-state index contributed by atoms with van der Waals surface area (Å²) in [4.78, 5) is 12.4.